The maximum Gasteiger partial charge on any atom is 0.249 e. The van der Waals surface area contributed by atoms with E-state index in [0.29, 0.717) is 15.8 Å². The van der Waals surface area contributed by atoms with Gasteiger partial charge in [0.2, 0.25) is 11.8 Å². The number of aromatic nitrogens is 2. The molecule has 2 rings (SSSR count). The summed E-state index contributed by atoms with van der Waals surface area (Å²) in [4.78, 5) is 7.75. The van der Waals surface area contributed by atoms with E-state index in [9.17, 15) is 0 Å². The van der Waals surface area contributed by atoms with Crippen LogP contribution in [0, 0.1) is 0 Å². The minimum Gasteiger partial charge on any atom is -0.479 e. The average Bonchev–Trinajstić information content (AvgIpc) is 2.36. The molecule has 2 aromatic rings. The summed E-state index contributed by atoms with van der Waals surface area (Å²) < 4.78 is 10.5. The van der Waals surface area contributed by atoms with E-state index < -0.39 is 0 Å². The van der Waals surface area contributed by atoms with Crippen LogP contribution < -0.4 is 15.2 Å². The fraction of sp³-hybridized carbons (Fsp3) is 0.0909. The molecule has 0 fully saturated rings. The van der Waals surface area contributed by atoms with Crippen molar-refractivity contribution in [2.24, 2.45) is 0 Å². The molecule has 0 bridgehead atoms. The standard InChI is InChI=1S/C11H9Cl2N3O2/c1-17-10-9(14)11(16-5-15-10)18-8-4-6(12)2-3-7(8)13/h2-5H,14H2,1H3. The fourth-order valence-electron chi connectivity index (χ4n) is 1.27. The summed E-state index contributed by atoms with van der Waals surface area (Å²) in [7, 11) is 1.45. The van der Waals surface area contributed by atoms with Crippen molar-refractivity contribution in [1.82, 2.24) is 9.97 Å². The first-order valence-corrected chi connectivity index (χ1v) is 5.64. The molecule has 0 aliphatic rings. The van der Waals surface area contributed by atoms with Gasteiger partial charge in [-0.25, -0.2) is 0 Å². The topological polar surface area (TPSA) is 70.3 Å². The zero-order chi connectivity index (χ0) is 13.1. The Bertz CT molecular complexity index is 578. The molecule has 0 spiro atoms. The van der Waals surface area contributed by atoms with Crippen LogP contribution in [0.15, 0.2) is 24.5 Å². The number of hydrogen-bond acceptors (Lipinski definition) is 5. The van der Waals surface area contributed by atoms with E-state index in [1.54, 1.807) is 18.2 Å². The van der Waals surface area contributed by atoms with Crippen LogP contribution in [-0.4, -0.2) is 17.1 Å². The number of benzene rings is 1. The zero-order valence-electron chi connectivity index (χ0n) is 9.35. The van der Waals surface area contributed by atoms with Crippen LogP contribution in [0.25, 0.3) is 0 Å². The van der Waals surface area contributed by atoms with Gasteiger partial charge < -0.3 is 15.2 Å². The van der Waals surface area contributed by atoms with Crippen LogP contribution in [0.1, 0.15) is 0 Å². The Morgan fingerprint density at radius 3 is 2.61 bits per heavy atom. The maximum atomic E-state index is 5.97. The Morgan fingerprint density at radius 2 is 1.89 bits per heavy atom. The molecule has 2 N–H and O–H groups in total. The molecular formula is C11H9Cl2N3O2. The number of halogens is 2. The van der Waals surface area contributed by atoms with E-state index in [2.05, 4.69) is 9.97 Å². The Balaban J connectivity index is 2.37. The second-order valence-corrected chi connectivity index (χ2v) is 4.12. The lowest BCUT2D eigenvalue weighted by Gasteiger charge is -2.10. The van der Waals surface area contributed by atoms with Crippen LogP contribution in [-0.2, 0) is 0 Å². The number of nitrogens with zero attached hydrogens (tertiary/aromatic N) is 2. The van der Waals surface area contributed by atoms with Crippen LogP contribution in [0.4, 0.5) is 5.69 Å². The predicted molar refractivity (Wildman–Crippen MR) is 69.5 cm³/mol. The van der Waals surface area contributed by atoms with Gasteiger partial charge in [-0.1, -0.05) is 23.2 Å². The third-order valence-electron chi connectivity index (χ3n) is 2.10. The average molecular weight is 286 g/mol. The highest BCUT2D eigenvalue weighted by Gasteiger charge is 2.12. The van der Waals surface area contributed by atoms with E-state index in [-0.39, 0.29) is 17.4 Å². The van der Waals surface area contributed by atoms with Crippen molar-refractivity contribution in [2.75, 3.05) is 12.8 Å². The minimum absolute atomic E-state index is 0.158. The zero-order valence-corrected chi connectivity index (χ0v) is 10.9. The van der Waals surface area contributed by atoms with Gasteiger partial charge in [-0.15, -0.1) is 0 Å². The van der Waals surface area contributed by atoms with Gasteiger partial charge in [0.1, 0.15) is 12.1 Å². The first-order chi connectivity index (χ1) is 8.61. The lowest BCUT2D eigenvalue weighted by Crippen LogP contribution is -2.00. The number of ether oxygens (including phenoxy) is 2. The highest BCUT2D eigenvalue weighted by Crippen LogP contribution is 2.35. The molecule has 0 saturated heterocycles. The molecule has 5 nitrogen and oxygen atoms in total. The Kier molecular flexibility index (Phi) is 3.74. The normalized spacial score (nSPS) is 10.2. The first-order valence-electron chi connectivity index (χ1n) is 4.89. The molecule has 0 atom stereocenters. The van der Waals surface area contributed by atoms with Gasteiger partial charge >= 0.3 is 0 Å². The van der Waals surface area contributed by atoms with E-state index in [1.165, 1.54) is 13.4 Å². The van der Waals surface area contributed by atoms with Crippen LogP contribution >= 0.6 is 23.2 Å². The highest BCUT2D eigenvalue weighted by molar-refractivity contribution is 6.34. The Hall–Kier alpha value is -1.72. The monoisotopic (exact) mass is 285 g/mol. The SMILES string of the molecule is COc1ncnc(Oc2cc(Cl)ccc2Cl)c1N. The number of nitrogen functional groups attached to an aromatic ring is 1. The molecular weight excluding hydrogens is 277 g/mol. The lowest BCUT2D eigenvalue weighted by molar-refractivity contribution is 0.391. The van der Waals surface area contributed by atoms with Gasteiger partial charge in [-0.3, -0.25) is 0 Å². The molecule has 94 valence electrons. The van der Waals surface area contributed by atoms with Crippen molar-refractivity contribution >= 4 is 28.9 Å². The minimum atomic E-state index is 0.158. The number of hydrogen-bond donors (Lipinski definition) is 1. The van der Waals surface area contributed by atoms with Crippen molar-refractivity contribution < 1.29 is 9.47 Å². The quantitative estimate of drug-likeness (QED) is 0.938. The summed E-state index contributed by atoms with van der Waals surface area (Å²) in [6, 6.07) is 4.84. The molecule has 1 heterocycles. The molecule has 0 amide bonds. The Morgan fingerprint density at radius 1 is 1.17 bits per heavy atom. The lowest BCUT2D eigenvalue weighted by atomic mass is 10.3. The number of methoxy groups -OCH3 is 1. The third kappa shape index (κ3) is 2.57. The van der Waals surface area contributed by atoms with Gasteiger partial charge in [-0.05, 0) is 12.1 Å². The van der Waals surface area contributed by atoms with Crippen LogP contribution in [0.3, 0.4) is 0 Å². The van der Waals surface area contributed by atoms with Crippen LogP contribution in [0.5, 0.6) is 17.5 Å². The molecule has 0 radical (unpaired) electrons. The fourth-order valence-corrected chi connectivity index (χ4v) is 1.59. The summed E-state index contributed by atoms with van der Waals surface area (Å²) in [6.07, 6.45) is 1.28. The summed E-state index contributed by atoms with van der Waals surface area (Å²) in [5.41, 5.74) is 5.97. The number of rotatable bonds is 3. The van der Waals surface area contributed by atoms with Crippen molar-refractivity contribution in [1.29, 1.82) is 0 Å². The van der Waals surface area contributed by atoms with Crippen molar-refractivity contribution in [3.05, 3.63) is 34.6 Å². The van der Waals surface area contributed by atoms with E-state index in [1.807, 2.05) is 0 Å². The first kappa shape index (κ1) is 12.7. The second-order valence-electron chi connectivity index (χ2n) is 3.28. The van der Waals surface area contributed by atoms with E-state index in [0.717, 1.165) is 0 Å². The van der Waals surface area contributed by atoms with Crippen LogP contribution in [0.2, 0.25) is 10.0 Å². The molecule has 18 heavy (non-hydrogen) atoms. The maximum absolute atomic E-state index is 5.97. The Labute approximate surface area is 113 Å². The van der Waals surface area contributed by atoms with Crippen molar-refractivity contribution in [2.45, 2.75) is 0 Å². The van der Waals surface area contributed by atoms with Crippen molar-refractivity contribution in [3.63, 3.8) is 0 Å². The molecule has 7 heteroatoms. The van der Waals surface area contributed by atoms with Gasteiger partial charge in [0.25, 0.3) is 0 Å². The summed E-state index contributed by atoms with van der Waals surface area (Å²) in [6.45, 7) is 0. The predicted octanol–water partition coefficient (Wildman–Crippen LogP) is 3.17. The molecule has 0 aliphatic carbocycles. The molecule has 0 saturated carbocycles. The smallest absolute Gasteiger partial charge is 0.249 e. The largest absolute Gasteiger partial charge is 0.479 e. The summed E-state index contributed by atoms with van der Waals surface area (Å²) in [5.74, 6) is 0.751. The third-order valence-corrected chi connectivity index (χ3v) is 2.65. The van der Waals surface area contributed by atoms with E-state index in [4.69, 9.17) is 38.4 Å². The van der Waals surface area contributed by atoms with Gasteiger partial charge in [0, 0.05) is 11.1 Å². The molecule has 0 aliphatic heterocycles. The summed E-state index contributed by atoms with van der Waals surface area (Å²) >= 11 is 11.8. The van der Waals surface area contributed by atoms with Gasteiger partial charge in [-0.2, -0.15) is 9.97 Å². The number of anilines is 1. The second kappa shape index (κ2) is 5.29. The molecule has 1 aromatic heterocycles. The van der Waals surface area contributed by atoms with Crippen molar-refractivity contribution in [3.8, 4) is 17.5 Å². The van der Waals surface area contributed by atoms with Gasteiger partial charge in [0.15, 0.2) is 5.69 Å². The molecule has 1 aromatic carbocycles. The number of nitrogens with two attached hydrogens (primary N) is 1. The highest BCUT2D eigenvalue weighted by atomic mass is 35.5. The summed E-state index contributed by atoms with van der Waals surface area (Å²) in [5, 5.41) is 0.894. The molecule has 0 unspecified atom stereocenters. The van der Waals surface area contributed by atoms with Gasteiger partial charge in [0.05, 0.1) is 12.1 Å². The van der Waals surface area contributed by atoms with E-state index >= 15 is 0 Å².